The number of aryl methyl sites for hydroxylation is 1. The van der Waals surface area contributed by atoms with Crippen molar-refractivity contribution >= 4 is 11.6 Å². The van der Waals surface area contributed by atoms with Gasteiger partial charge in [-0.3, -0.25) is 0 Å². The number of halogens is 1. The molecule has 0 saturated heterocycles. The molecule has 0 radical (unpaired) electrons. The molecule has 0 aliphatic rings. The van der Waals surface area contributed by atoms with Gasteiger partial charge in [0.1, 0.15) is 5.82 Å². The summed E-state index contributed by atoms with van der Waals surface area (Å²) < 4.78 is 2.01. The first-order valence-electron chi connectivity index (χ1n) is 5.61. The maximum atomic E-state index is 6.12. The first-order valence-corrected chi connectivity index (χ1v) is 5.99. The molecule has 0 saturated carbocycles. The third kappa shape index (κ3) is 2.35. The van der Waals surface area contributed by atoms with Crippen LogP contribution in [0.25, 0.3) is 11.4 Å². The van der Waals surface area contributed by atoms with Crippen LogP contribution in [0.2, 0.25) is 5.15 Å². The van der Waals surface area contributed by atoms with Gasteiger partial charge in [0.15, 0.2) is 5.15 Å². The molecule has 3 nitrogen and oxygen atoms in total. The average Bonchev–Trinajstić information content (AvgIpc) is 2.59. The molecular formula is C13H16ClN3. The molecule has 2 N–H and O–H groups in total. The topological polar surface area (TPSA) is 43.8 Å². The van der Waals surface area contributed by atoms with Gasteiger partial charge in [-0.15, -0.1) is 0 Å². The highest BCUT2D eigenvalue weighted by molar-refractivity contribution is 6.30. The van der Waals surface area contributed by atoms with Crippen molar-refractivity contribution in [1.82, 2.24) is 9.55 Å². The average molecular weight is 250 g/mol. The molecule has 0 atom stereocenters. The summed E-state index contributed by atoms with van der Waals surface area (Å²) in [4.78, 5) is 4.40. The van der Waals surface area contributed by atoms with Crippen molar-refractivity contribution in [3.8, 4) is 11.4 Å². The van der Waals surface area contributed by atoms with Crippen molar-refractivity contribution < 1.29 is 0 Å². The maximum Gasteiger partial charge on any atom is 0.151 e. The van der Waals surface area contributed by atoms with Gasteiger partial charge in [0.25, 0.3) is 0 Å². The fourth-order valence-corrected chi connectivity index (χ4v) is 2.17. The largest absolute Gasteiger partial charge is 0.330 e. The lowest BCUT2D eigenvalue weighted by Crippen LogP contribution is -2.07. The van der Waals surface area contributed by atoms with E-state index in [0.29, 0.717) is 11.7 Å². The van der Waals surface area contributed by atoms with Gasteiger partial charge in [-0.2, -0.15) is 0 Å². The lowest BCUT2D eigenvalue weighted by molar-refractivity contribution is 0.811. The predicted octanol–water partition coefficient (Wildman–Crippen LogP) is 2.55. The van der Waals surface area contributed by atoms with Crippen LogP contribution in [0.3, 0.4) is 0 Å². The van der Waals surface area contributed by atoms with Crippen LogP contribution in [-0.2, 0) is 13.5 Å². The van der Waals surface area contributed by atoms with Crippen LogP contribution in [0.5, 0.6) is 0 Å². The SMILES string of the molecule is Cc1ccc(-c2nc(Cl)c(CCN)n2C)cc1. The molecular weight excluding hydrogens is 234 g/mol. The third-order valence-corrected chi connectivity index (χ3v) is 3.16. The number of hydrogen-bond donors (Lipinski definition) is 1. The van der Waals surface area contributed by atoms with E-state index in [4.69, 9.17) is 17.3 Å². The summed E-state index contributed by atoms with van der Waals surface area (Å²) in [6.45, 7) is 2.64. The van der Waals surface area contributed by atoms with Gasteiger partial charge in [0.2, 0.25) is 0 Å². The fourth-order valence-electron chi connectivity index (χ4n) is 1.87. The Morgan fingerprint density at radius 2 is 1.94 bits per heavy atom. The zero-order chi connectivity index (χ0) is 12.4. The Kier molecular flexibility index (Phi) is 3.50. The summed E-state index contributed by atoms with van der Waals surface area (Å²) in [5, 5.41) is 0.550. The second-order valence-corrected chi connectivity index (χ2v) is 4.49. The first kappa shape index (κ1) is 12.1. The van der Waals surface area contributed by atoms with Crippen LogP contribution < -0.4 is 5.73 Å². The molecule has 1 aromatic heterocycles. The Bertz CT molecular complexity index is 514. The number of aromatic nitrogens is 2. The summed E-state index contributed by atoms with van der Waals surface area (Å²) in [7, 11) is 1.97. The van der Waals surface area contributed by atoms with Crippen LogP contribution in [0.15, 0.2) is 24.3 Å². The number of rotatable bonds is 3. The molecule has 0 fully saturated rings. The molecule has 4 heteroatoms. The zero-order valence-electron chi connectivity index (χ0n) is 10.1. The van der Waals surface area contributed by atoms with Crippen LogP contribution in [-0.4, -0.2) is 16.1 Å². The van der Waals surface area contributed by atoms with Crippen LogP contribution in [0, 0.1) is 6.92 Å². The lowest BCUT2D eigenvalue weighted by Gasteiger charge is -2.05. The van der Waals surface area contributed by atoms with Crippen molar-refractivity contribution in [3.63, 3.8) is 0 Å². The Labute approximate surface area is 106 Å². The highest BCUT2D eigenvalue weighted by atomic mass is 35.5. The highest BCUT2D eigenvalue weighted by Crippen LogP contribution is 2.24. The molecule has 1 aromatic carbocycles. The van der Waals surface area contributed by atoms with Gasteiger partial charge in [0, 0.05) is 19.0 Å². The third-order valence-electron chi connectivity index (χ3n) is 2.86. The van der Waals surface area contributed by atoms with E-state index in [-0.39, 0.29) is 0 Å². The summed E-state index contributed by atoms with van der Waals surface area (Å²) >= 11 is 6.12. The molecule has 17 heavy (non-hydrogen) atoms. The van der Waals surface area contributed by atoms with E-state index in [9.17, 15) is 0 Å². The fraction of sp³-hybridized carbons (Fsp3) is 0.308. The molecule has 2 aromatic rings. The van der Waals surface area contributed by atoms with Crippen LogP contribution in [0.4, 0.5) is 0 Å². The molecule has 0 amide bonds. The van der Waals surface area contributed by atoms with Crippen molar-refractivity contribution in [3.05, 3.63) is 40.7 Å². The Balaban J connectivity index is 2.46. The van der Waals surface area contributed by atoms with Crippen molar-refractivity contribution in [2.75, 3.05) is 6.54 Å². The molecule has 1 heterocycles. The van der Waals surface area contributed by atoms with Gasteiger partial charge in [-0.25, -0.2) is 4.98 Å². The lowest BCUT2D eigenvalue weighted by atomic mass is 10.1. The Morgan fingerprint density at radius 3 is 2.53 bits per heavy atom. The second-order valence-electron chi connectivity index (χ2n) is 4.14. The number of imidazole rings is 1. The normalized spacial score (nSPS) is 10.8. The summed E-state index contributed by atoms with van der Waals surface area (Å²) in [6, 6.07) is 8.25. The van der Waals surface area contributed by atoms with Crippen molar-refractivity contribution in [2.24, 2.45) is 12.8 Å². The summed E-state index contributed by atoms with van der Waals surface area (Å²) in [5.74, 6) is 0.887. The zero-order valence-corrected chi connectivity index (χ0v) is 10.8. The molecule has 0 aliphatic heterocycles. The van der Waals surface area contributed by atoms with Crippen molar-refractivity contribution in [1.29, 1.82) is 0 Å². The van der Waals surface area contributed by atoms with Gasteiger partial charge < -0.3 is 10.3 Å². The van der Waals surface area contributed by atoms with E-state index in [2.05, 4.69) is 36.2 Å². The summed E-state index contributed by atoms with van der Waals surface area (Å²) in [6.07, 6.45) is 0.744. The second kappa shape index (κ2) is 4.90. The molecule has 0 bridgehead atoms. The van der Waals surface area contributed by atoms with Crippen LogP contribution >= 0.6 is 11.6 Å². The van der Waals surface area contributed by atoms with Crippen LogP contribution in [0.1, 0.15) is 11.3 Å². The Morgan fingerprint density at radius 1 is 1.29 bits per heavy atom. The monoisotopic (exact) mass is 249 g/mol. The first-order chi connectivity index (χ1) is 8.13. The smallest absolute Gasteiger partial charge is 0.151 e. The molecule has 0 aliphatic carbocycles. The predicted molar refractivity (Wildman–Crippen MR) is 71.1 cm³/mol. The van der Waals surface area contributed by atoms with Gasteiger partial charge in [0.05, 0.1) is 5.69 Å². The quantitative estimate of drug-likeness (QED) is 0.909. The number of hydrogen-bond acceptors (Lipinski definition) is 2. The van der Waals surface area contributed by atoms with Gasteiger partial charge >= 0.3 is 0 Å². The number of nitrogens with two attached hydrogens (primary N) is 1. The number of benzene rings is 1. The summed E-state index contributed by atoms with van der Waals surface area (Å²) in [5.41, 5.74) is 8.86. The van der Waals surface area contributed by atoms with Gasteiger partial charge in [-0.05, 0) is 13.5 Å². The van der Waals surface area contributed by atoms with Crippen molar-refractivity contribution in [2.45, 2.75) is 13.3 Å². The highest BCUT2D eigenvalue weighted by Gasteiger charge is 2.13. The van der Waals surface area contributed by atoms with E-state index in [0.717, 1.165) is 23.5 Å². The maximum absolute atomic E-state index is 6.12. The molecule has 0 unspecified atom stereocenters. The van der Waals surface area contributed by atoms with E-state index in [1.165, 1.54) is 5.56 Å². The minimum Gasteiger partial charge on any atom is -0.330 e. The standard InChI is InChI=1S/C13H16ClN3/c1-9-3-5-10(6-4-9)13-16-12(14)11(7-8-15)17(13)2/h3-6H,7-8,15H2,1-2H3. The molecule has 2 rings (SSSR count). The minimum absolute atomic E-state index is 0.550. The minimum atomic E-state index is 0.550. The molecule has 0 spiro atoms. The number of nitrogens with zero attached hydrogens (tertiary/aromatic N) is 2. The van der Waals surface area contributed by atoms with Gasteiger partial charge in [-0.1, -0.05) is 41.4 Å². The van der Waals surface area contributed by atoms with E-state index in [1.807, 2.05) is 11.6 Å². The van der Waals surface area contributed by atoms with E-state index in [1.54, 1.807) is 0 Å². The molecule has 90 valence electrons. The Hall–Kier alpha value is -1.32. The van der Waals surface area contributed by atoms with E-state index < -0.39 is 0 Å². The van der Waals surface area contributed by atoms with E-state index >= 15 is 0 Å².